The summed E-state index contributed by atoms with van der Waals surface area (Å²) in [6, 6.07) is 2.15. The number of nitrogens with one attached hydrogen (secondary N) is 2. The van der Waals surface area contributed by atoms with E-state index < -0.39 is 0 Å². The first-order valence-corrected chi connectivity index (χ1v) is 9.03. The average molecular weight is 334 g/mol. The standard InChI is InChI=1S/C17H27N5S/c1-5-18-17(20-10-15-14(4)6-9-23-15)21-11-16-19-7-8-22(16)12-13(2)3/h6-9,13H,5,10-12H2,1-4H3,(H2,18,20,21). The molecule has 5 nitrogen and oxygen atoms in total. The van der Waals surface area contributed by atoms with Crippen molar-refractivity contribution in [2.75, 3.05) is 6.54 Å². The van der Waals surface area contributed by atoms with Crippen molar-refractivity contribution in [3.63, 3.8) is 0 Å². The van der Waals surface area contributed by atoms with Crippen molar-refractivity contribution in [1.29, 1.82) is 0 Å². The van der Waals surface area contributed by atoms with Gasteiger partial charge in [-0.3, -0.25) is 0 Å². The van der Waals surface area contributed by atoms with Gasteiger partial charge >= 0.3 is 0 Å². The van der Waals surface area contributed by atoms with Crippen LogP contribution in [0.1, 0.15) is 37.0 Å². The maximum absolute atomic E-state index is 4.67. The van der Waals surface area contributed by atoms with Gasteiger partial charge in [0, 0.05) is 30.4 Å². The zero-order valence-electron chi connectivity index (χ0n) is 14.5. The van der Waals surface area contributed by atoms with Crippen LogP contribution in [0.15, 0.2) is 28.8 Å². The van der Waals surface area contributed by atoms with Crippen LogP contribution in [0.3, 0.4) is 0 Å². The van der Waals surface area contributed by atoms with Crippen molar-refractivity contribution in [3.05, 3.63) is 40.1 Å². The first-order valence-electron chi connectivity index (χ1n) is 8.15. The number of hydrogen-bond donors (Lipinski definition) is 2. The summed E-state index contributed by atoms with van der Waals surface area (Å²) in [6.07, 6.45) is 3.88. The van der Waals surface area contributed by atoms with Gasteiger partial charge in [-0.25, -0.2) is 9.98 Å². The highest BCUT2D eigenvalue weighted by Crippen LogP contribution is 2.14. The van der Waals surface area contributed by atoms with Crippen molar-refractivity contribution >= 4 is 17.3 Å². The Morgan fingerprint density at radius 1 is 1.39 bits per heavy atom. The van der Waals surface area contributed by atoms with Crippen LogP contribution >= 0.6 is 11.3 Å². The number of rotatable bonds is 7. The first kappa shape index (κ1) is 17.5. The van der Waals surface area contributed by atoms with Gasteiger partial charge < -0.3 is 15.2 Å². The Morgan fingerprint density at radius 2 is 2.22 bits per heavy atom. The van der Waals surface area contributed by atoms with Crippen LogP contribution in [0.25, 0.3) is 0 Å². The third-order valence-corrected chi connectivity index (χ3v) is 4.49. The summed E-state index contributed by atoms with van der Waals surface area (Å²) < 4.78 is 2.18. The van der Waals surface area contributed by atoms with E-state index in [1.165, 1.54) is 10.4 Å². The zero-order valence-corrected chi connectivity index (χ0v) is 15.3. The van der Waals surface area contributed by atoms with E-state index in [1.807, 2.05) is 12.4 Å². The molecule has 2 aromatic heterocycles. The van der Waals surface area contributed by atoms with Crippen LogP contribution in [-0.2, 0) is 19.6 Å². The van der Waals surface area contributed by atoms with Gasteiger partial charge in [0.1, 0.15) is 12.4 Å². The molecule has 0 aliphatic rings. The van der Waals surface area contributed by atoms with E-state index in [1.54, 1.807) is 11.3 Å². The molecule has 0 radical (unpaired) electrons. The highest BCUT2D eigenvalue weighted by atomic mass is 32.1. The van der Waals surface area contributed by atoms with Gasteiger partial charge in [0.15, 0.2) is 5.96 Å². The molecule has 0 spiro atoms. The van der Waals surface area contributed by atoms with E-state index in [-0.39, 0.29) is 0 Å². The van der Waals surface area contributed by atoms with Gasteiger partial charge in [0.25, 0.3) is 0 Å². The maximum Gasteiger partial charge on any atom is 0.191 e. The Kier molecular flexibility index (Phi) is 6.65. The molecule has 2 aromatic rings. The van der Waals surface area contributed by atoms with Crippen molar-refractivity contribution in [1.82, 2.24) is 20.2 Å². The Morgan fingerprint density at radius 3 is 2.87 bits per heavy atom. The smallest absolute Gasteiger partial charge is 0.191 e. The number of hydrogen-bond acceptors (Lipinski definition) is 3. The fourth-order valence-electron chi connectivity index (χ4n) is 2.29. The molecular formula is C17H27N5S. The van der Waals surface area contributed by atoms with Crippen LogP contribution in [0.5, 0.6) is 0 Å². The van der Waals surface area contributed by atoms with E-state index in [0.29, 0.717) is 12.5 Å². The molecule has 0 aromatic carbocycles. The maximum atomic E-state index is 4.67. The van der Waals surface area contributed by atoms with E-state index in [4.69, 9.17) is 0 Å². The van der Waals surface area contributed by atoms with Crippen molar-refractivity contribution < 1.29 is 0 Å². The molecule has 0 bridgehead atoms. The Bertz CT molecular complexity index is 626. The van der Waals surface area contributed by atoms with Crippen LogP contribution < -0.4 is 10.6 Å². The number of nitrogens with zero attached hydrogens (tertiary/aromatic N) is 3. The van der Waals surface area contributed by atoms with Crippen LogP contribution in [0.4, 0.5) is 0 Å². The summed E-state index contributed by atoms with van der Waals surface area (Å²) in [6.45, 7) is 11.8. The molecule has 23 heavy (non-hydrogen) atoms. The second kappa shape index (κ2) is 8.72. The molecule has 0 aliphatic heterocycles. The molecule has 0 amide bonds. The molecule has 0 fully saturated rings. The van der Waals surface area contributed by atoms with E-state index in [9.17, 15) is 0 Å². The second-order valence-corrected chi connectivity index (χ2v) is 6.97. The van der Waals surface area contributed by atoms with Crippen LogP contribution in [0, 0.1) is 12.8 Å². The summed E-state index contributed by atoms with van der Waals surface area (Å²) in [7, 11) is 0. The third kappa shape index (κ3) is 5.39. The van der Waals surface area contributed by atoms with Gasteiger partial charge in [-0.05, 0) is 36.8 Å². The van der Waals surface area contributed by atoms with Crippen molar-refractivity contribution in [2.24, 2.45) is 10.9 Å². The number of aromatic nitrogens is 2. The van der Waals surface area contributed by atoms with Gasteiger partial charge in [-0.1, -0.05) is 13.8 Å². The van der Waals surface area contributed by atoms with Crippen molar-refractivity contribution in [3.8, 4) is 0 Å². The van der Waals surface area contributed by atoms with Gasteiger partial charge in [-0.15, -0.1) is 11.3 Å². The van der Waals surface area contributed by atoms with Crippen molar-refractivity contribution in [2.45, 2.75) is 47.3 Å². The van der Waals surface area contributed by atoms with Crippen LogP contribution in [0.2, 0.25) is 0 Å². The minimum Gasteiger partial charge on any atom is -0.357 e. The van der Waals surface area contributed by atoms with Gasteiger partial charge in [-0.2, -0.15) is 0 Å². The monoisotopic (exact) mass is 333 g/mol. The summed E-state index contributed by atoms with van der Waals surface area (Å²) in [5.41, 5.74) is 1.32. The molecule has 0 unspecified atom stereocenters. The van der Waals surface area contributed by atoms with E-state index in [0.717, 1.165) is 31.4 Å². The normalized spacial score (nSPS) is 12.0. The SMILES string of the molecule is CCNC(=NCc1nccn1CC(C)C)NCc1sccc1C. The lowest BCUT2D eigenvalue weighted by molar-refractivity contribution is 0.507. The Labute approximate surface area is 142 Å². The van der Waals surface area contributed by atoms with E-state index in [2.05, 4.69) is 64.3 Å². The summed E-state index contributed by atoms with van der Waals surface area (Å²) in [5, 5.41) is 8.82. The van der Waals surface area contributed by atoms with E-state index >= 15 is 0 Å². The van der Waals surface area contributed by atoms with Gasteiger partial charge in [0.05, 0.1) is 6.54 Å². The molecule has 0 aliphatic carbocycles. The minimum absolute atomic E-state index is 0.582. The number of thiophene rings is 1. The second-order valence-electron chi connectivity index (χ2n) is 5.97. The molecule has 6 heteroatoms. The lowest BCUT2D eigenvalue weighted by Crippen LogP contribution is -2.36. The zero-order chi connectivity index (χ0) is 16.7. The average Bonchev–Trinajstić information content (AvgIpc) is 3.10. The predicted molar refractivity (Wildman–Crippen MR) is 97.8 cm³/mol. The molecule has 126 valence electrons. The van der Waals surface area contributed by atoms with Crippen LogP contribution in [-0.4, -0.2) is 22.1 Å². The fourth-order valence-corrected chi connectivity index (χ4v) is 3.14. The molecule has 2 N–H and O–H groups in total. The quantitative estimate of drug-likeness (QED) is 0.604. The molecule has 2 heterocycles. The number of imidazole rings is 1. The number of aryl methyl sites for hydroxylation is 1. The largest absolute Gasteiger partial charge is 0.357 e. The summed E-state index contributed by atoms with van der Waals surface area (Å²) in [5.74, 6) is 2.43. The summed E-state index contributed by atoms with van der Waals surface area (Å²) in [4.78, 5) is 10.4. The highest BCUT2D eigenvalue weighted by Gasteiger charge is 2.06. The lowest BCUT2D eigenvalue weighted by Gasteiger charge is -2.12. The number of aliphatic imine (C=N–C) groups is 1. The predicted octanol–water partition coefficient (Wildman–Crippen LogP) is 3.16. The first-order chi connectivity index (χ1) is 11.1. The fraction of sp³-hybridized carbons (Fsp3) is 0.529. The summed E-state index contributed by atoms with van der Waals surface area (Å²) >= 11 is 1.77. The highest BCUT2D eigenvalue weighted by molar-refractivity contribution is 7.10. The molecule has 0 saturated carbocycles. The minimum atomic E-state index is 0.582. The number of guanidine groups is 1. The molecule has 0 atom stereocenters. The van der Waals surface area contributed by atoms with Gasteiger partial charge in [0.2, 0.25) is 0 Å². The molecule has 2 rings (SSSR count). The topological polar surface area (TPSA) is 54.2 Å². The molecule has 0 saturated heterocycles. The molecular weight excluding hydrogens is 306 g/mol. The lowest BCUT2D eigenvalue weighted by atomic mass is 10.2. The Hall–Kier alpha value is -1.82. The third-order valence-electron chi connectivity index (χ3n) is 3.47. The Balaban J connectivity index is 1.98.